The minimum Gasteiger partial charge on any atom is -0.397 e. The molecule has 1 aromatic heterocycles. The summed E-state index contributed by atoms with van der Waals surface area (Å²) < 4.78 is 0. The summed E-state index contributed by atoms with van der Waals surface area (Å²) >= 11 is 0. The molecular formula is C15H16N4O2. The van der Waals surface area contributed by atoms with E-state index in [0.29, 0.717) is 28.2 Å². The van der Waals surface area contributed by atoms with Crippen molar-refractivity contribution in [3.8, 4) is 0 Å². The second kappa shape index (κ2) is 6.04. The maximum absolute atomic E-state index is 12.3. The molecule has 0 bridgehead atoms. The summed E-state index contributed by atoms with van der Waals surface area (Å²) in [5.41, 5.74) is 7.83. The number of carbonyl (C=O) groups excluding carboxylic acids is 2. The van der Waals surface area contributed by atoms with E-state index in [1.54, 1.807) is 37.3 Å². The van der Waals surface area contributed by atoms with Crippen LogP contribution in [0.3, 0.4) is 0 Å². The molecule has 0 aliphatic heterocycles. The van der Waals surface area contributed by atoms with Crippen LogP contribution in [0.2, 0.25) is 0 Å². The Morgan fingerprint density at radius 2 is 1.86 bits per heavy atom. The number of pyridine rings is 1. The Labute approximate surface area is 122 Å². The van der Waals surface area contributed by atoms with Crippen LogP contribution in [0.1, 0.15) is 26.4 Å². The number of para-hydroxylation sites is 1. The molecule has 0 saturated heterocycles. The first-order valence-corrected chi connectivity index (χ1v) is 6.37. The van der Waals surface area contributed by atoms with E-state index >= 15 is 0 Å². The third-order valence-corrected chi connectivity index (χ3v) is 3.00. The Morgan fingerprint density at radius 3 is 2.57 bits per heavy atom. The summed E-state index contributed by atoms with van der Waals surface area (Å²) in [6.07, 6.45) is 1.49. The predicted molar refractivity (Wildman–Crippen MR) is 81.2 cm³/mol. The number of benzene rings is 1. The van der Waals surface area contributed by atoms with Crippen LogP contribution in [0.25, 0.3) is 0 Å². The normalized spacial score (nSPS) is 10.0. The van der Waals surface area contributed by atoms with Gasteiger partial charge in [-0.2, -0.15) is 0 Å². The van der Waals surface area contributed by atoms with Gasteiger partial charge in [0, 0.05) is 7.05 Å². The fraction of sp³-hybridized carbons (Fsp3) is 0.133. The minimum atomic E-state index is -0.358. The standard InChI is InChI=1S/C15H16N4O2/c1-9-12(7-10(16)8-18-9)15(21)19-13-6-4-3-5-11(13)14(20)17-2/h3-8H,16H2,1-2H3,(H,17,20)(H,19,21). The number of amides is 2. The smallest absolute Gasteiger partial charge is 0.257 e. The van der Waals surface area contributed by atoms with Crippen LogP contribution in [0.5, 0.6) is 0 Å². The Kier molecular flexibility index (Phi) is 4.18. The maximum Gasteiger partial charge on any atom is 0.257 e. The summed E-state index contributed by atoms with van der Waals surface area (Å²) in [6, 6.07) is 8.33. The number of nitrogen functional groups attached to an aromatic ring is 1. The summed E-state index contributed by atoms with van der Waals surface area (Å²) in [4.78, 5) is 28.1. The molecule has 108 valence electrons. The van der Waals surface area contributed by atoms with Crippen LogP contribution in [0.15, 0.2) is 36.5 Å². The van der Waals surface area contributed by atoms with Gasteiger partial charge in [0.1, 0.15) is 0 Å². The second-order valence-corrected chi connectivity index (χ2v) is 4.48. The minimum absolute atomic E-state index is 0.270. The quantitative estimate of drug-likeness (QED) is 0.797. The average Bonchev–Trinajstić information content (AvgIpc) is 2.49. The van der Waals surface area contributed by atoms with Gasteiger partial charge in [-0.25, -0.2) is 0 Å². The molecule has 0 fully saturated rings. The van der Waals surface area contributed by atoms with Gasteiger partial charge in [0.25, 0.3) is 11.8 Å². The number of hydrogen-bond acceptors (Lipinski definition) is 4. The number of aryl methyl sites for hydroxylation is 1. The first-order valence-electron chi connectivity index (χ1n) is 6.37. The summed E-state index contributed by atoms with van der Waals surface area (Å²) in [6.45, 7) is 1.72. The van der Waals surface area contributed by atoms with Crippen molar-refractivity contribution in [1.29, 1.82) is 0 Å². The van der Waals surface area contributed by atoms with Crippen LogP contribution < -0.4 is 16.4 Å². The van der Waals surface area contributed by atoms with Crippen LogP contribution >= 0.6 is 0 Å². The Balaban J connectivity index is 2.32. The lowest BCUT2D eigenvalue weighted by Crippen LogP contribution is -2.22. The van der Waals surface area contributed by atoms with Crippen LogP contribution in [0.4, 0.5) is 11.4 Å². The summed E-state index contributed by atoms with van der Waals surface area (Å²) in [7, 11) is 1.53. The van der Waals surface area contributed by atoms with Gasteiger partial charge in [-0.1, -0.05) is 12.1 Å². The van der Waals surface area contributed by atoms with E-state index in [0.717, 1.165) is 0 Å². The van der Waals surface area contributed by atoms with E-state index < -0.39 is 0 Å². The zero-order valence-electron chi connectivity index (χ0n) is 11.8. The third-order valence-electron chi connectivity index (χ3n) is 3.00. The molecule has 2 amide bonds. The number of anilines is 2. The fourth-order valence-electron chi connectivity index (χ4n) is 1.89. The van der Waals surface area contributed by atoms with E-state index in [4.69, 9.17) is 5.73 Å². The number of nitrogens with two attached hydrogens (primary N) is 1. The van der Waals surface area contributed by atoms with Crippen LogP contribution in [-0.2, 0) is 0 Å². The molecule has 1 aromatic carbocycles. The number of hydrogen-bond donors (Lipinski definition) is 3. The lowest BCUT2D eigenvalue weighted by Gasteiger charge is -2.11. The monoisotopic (exact) mass is 284 g/mol. The van der Waals surface area contributed by atoms with Gasteiger partial charge >= 0.3 is 0 Å². The molecule has 21 heavy (non-hydrogen) atoms. The highest BCUT2D eigenvalue weighted by Gasteiger charge is 2.15. The van der Waals surface area contributed by atoms with Gasteiger partial charge < -0.3 is 16.4 Å². The highest BCUT2D eigenvalue weighted by atomic mass is 16.2. The van der Waals surface area contributed by atoms with Gasteiger partial charge in [0.2, 0.25) is 0 Å². The van der Waals surface area contributed by atoms with Crippen molar-refractivity contribution >= 4 is 23.2 Å². The Morgan fingerprint density at radius 1 is 1.14 bits per heavy atom. The first kappa shape index (κ1) is 14.5. The average molecular weight is 284 g/mol. The highest BCUT2D eigenvalue weighted by molar-refractivity contribution is 6.09. The Hall–Kier alpha value is -2.89. The van der Waals surface area contributed by atoms with Crippen molar-refractivity contribution in [2.75, 3.05) is 18.1 Å². The molecule has 1 heterocycles. The third kappa shape index (κ3) is 3.17. The molecule has 0 radical (unpaired) electrons. The molecule has 4 N–H and O–H groups in total. The summed E-state index contributed by atoms with van der Waals surface area (Å²) in [5, 5.41) is 5.25. The molecule has 0 saturated carbocycles. The number of nitrogens with one attached hydrogen (secondary N) is 2. The molecular weight excluding hydrogens is 268 g/mol. The second-order valence-electron chi connectivity index (χ2n) is 4.48. The van der Waals surface area contributed by atoms with Crippen molar-refractivity contribution in [3.63, 3.8) is 0 Å². The molecule has 2 aromatic rings. The Bertz CT molecular complexity index is 698. The number of nitrogens with zero attached hydrogens (tertiary/aromatic N) is 1. The van der Waals surface area contributed by atoms with Crippen molar-refractivity contribution in [3.05, 3.63) is 53.3 Å². The highest BCUT2D eigenvalue weighted by Crippen LogP contribution is 2.17. The topological polar surface area (TPSA) is 97.1 Å². The number of rotatable bonds is 3. The lowest BCUT2D eigenvalue weighted by atomic mass is 10.1. The van der Waals surface area contributed by atoms with Gasteiger partial charge in [-0.15, -0.1) is 0 Å². The van der Waals surface area contributed by atoms with E-state index in [1.165, 1.54) is 13.2 Å². The molecule has 0 spiro atoms. The molecule has 0 unspecified atom stereocenters. The summed E-state index contributed by atoms with van der Waals surface area (Å²) in [5.74, 6) is -0.628. The molecule has 2 rings (SSSR count). The van der Waals surface area contributed by atoms with Crippen molar-refractivity contribution in [2.24, 2.45) is 0 Å². The van der Waals surface area contributed by atoms with Crippen molar-refractivity contribution < 1.29 is 9.59 Å². The predicted octanol–water partition coefficient (Wildman–Crippen LogP) is 1.58. The van der Waals surface area contributed by atoms with E-state index in [2.05, 4.69) is 15.6 Å². The van der Waals surface area contributed by atoms with Gasteiger partial charge in [-0.3, -0.25) is 14.6 Å². The zero-order chi connectivity index (χ0) is 15.4. The lowest BCUT2D eigenvalue weighted by molar-refractivity contribution is 0.0964. The molecule has 6 heteroatoms. The first-order chi connectivity index (χ1) is 10.0. The van der Waals surface area contributed by atoms with Gasteiger partial charge in [0.05, 0.1) is 34.4 Å². The van der Waals surface area contributed by atoms with Gasteiger partial charge in [0.15, 0.2) is 0 Å². The van der Waals surface area contributed by atoms with Crippen molar-refractivity contribution in [1.82, 2.24) is 10.3 Å². The van der Waals surface area contributed by atoms with E-state index in [9.17, 15) is 9.59 Å². The van der Waals surface area contributed by atoms with Crippen LogP contribution in [0, 0.1) is 6.92 Å². The van der Waals surface area contributed by atoms with Gasteiger partial charge in [-0.05, 0) is 25.1 Å². The fourth-order valence-corrected chi connectivity index (χ4v) is 1.89. The number of aromatic nitrogens is 1. The van der Waals surface area contributed by atoms with Crippen LogP contribution in [-0.4, -0.2) is 23.8 Å². The molecule has 0 atom stereocenters. The molecule has 6 nitrogen and oxygen atoms in total. The van der Waals surface area contributed by atoms with E-state index in [-0.39, 0.29) is 11.8 Å². The maximum atomic E-state index is 12.3. The molecule has 0 aliphatic rings. The largest absolute Gasteiger partial charge is 0.397 e. The molecule has 0 aliphatic carbocycles. The van der Waals surface area contributed by atoms with E-state index in [1.807, 2.05) is 0 Å². The van der Waals surface area contributed by atoms with Crippen molar-refractivity contribution in [2.45, 2.75) is 6.92 Å². The number of carbonyl (C=O) groups is 2. The SMILES string of the molecule is CNC(=O)c1ccccc1NC(=O)c1cc(N)cnc1C. The zero-order valence-corrected chi connectivity index (χ0v) is 11.8.